The molecule has 0 aliphatic heterocycles. The first-order chi connectivity index (χ1) is 15.8. The Labute approximate surface area is 193 Å². The van der Waals surface area contributed by atoms with Crippen LogP contribution in [-0.2, 0) is 18.3 Å². The Morgan fingerprint density at radius 2 is 1.64 bits per heavy atom. The molecule has 0 aliphatic rings. The quantitative estimate of drug-likeness (QED) is 0.404. The molecule has 7 nitrogen and oxygen atoms in total. The second kappa shape index (κ2) is 9.11. The van der Waals surface area contributed by atoms with E-state index in [-0.39, 0.29) is 5.56 Å². The fourth-order valence-corrected chi connectivity index (χ4v) is 3.94. The molecule has 2 aromatic heterocycles. The summed E-state index contributed by atoms with van der Waals surface area (Å²) in [4.78, 5) is 13.0. The van der Waals surface area contributed by atoms with Crippen LogP contribution in [0.1, 0.15) is 11.1 Å². The minimum atomic E-state index is -2.36. The molecule has 1 unspecified atom stereocenters. The highest BCUT2D eigenvalue weighted by atomic mass is 32.2. The van der Waals surface area contributed by atoms with Gasteiger partial charge < -0.3 is 4.55 Å². The van der Waals surface area contributed by atoms with Crippen molar-refractivity contribution in [3.05, 3.63) is 94.3 Å². The third-order valence-electron chi connectivity index (χ3n) is 5.78. The van der Waals surface area contributed by atoms with Gasteiger partial charge in [-0.15, -0.1) is 0 Å². The second-order valence-corrected chi connectivity index (χ2v) is 8.29. The van der Waals surface area contributed by atoms with Gasteiger partial charge in [-0.3, -0.25) is 18.7 Å². The van der Waals surface area contributed by atoms with Crippen LogP contribution in [0.25, 0.3) is 38.9 Å². The maximum Gasteiger partial charge on any atom is 0.261 e. The molecule has 2 heterocycles. The lowest BCUT2D eigenvalue weighted by atomic mass is 9.96. The summed E-state index contributed by atoms with van der Waals surface area (Å²) < 4.78 is 21.1. The number of hydrogen-bond acceptors (Lipinski definition) is 4. The molecule has 1 atom stereocenters. The van der Waals surface area contributed by atoms with Crippen molar-refractivity contribution in [1.29, 1.82) is 0 Å². The van der Waals surface area contributed by atoms with E-state index in [1.165, 1.54) is 16.7 Å². The van der Waals surface area contributed by atoms with Crippen molar-refractivity contribution in [1.82, 2.24) is 14.2 Å². The summed E-state index contributed by atoms with van der Waals surface area (Å²) in [5, 5.41) is 9.54. The number of aromatic nitrogens is 3. The molecule has 0 bridgehead atoms. The molecule has 2 N–H and O–H groups in total. The van der Waals surface area contributed by atoms with Crippen LogP contribution in [0.2, 0.25) is 0 Å². The van der Waals surface area contributed by atoms with Gasteiger partial charge in [-0.2, -0.15) is 5.10 Å². The molecule has 33 heavy (non-hydrogen) atoms. The Morgan fingerprint density at radius 1 is 0.939 bits per heavy atom. The van der Waals surface area contributed by atoms with Gasteiger partial charge in [0.2, 0.25) is 0 Å². The van der Waals surface area contributed by atoms with Crippen LogP contribution >= 0.6 is 0 Å². The van der Waals surface area contributed by atoms with Crippen molar-refractivity contribution in [2.45, 2.75) is 13.8 Å². The van der Waals surface area contributed by atoms with E-state index in [1.807, 2.05) is 53.0 Å². The standard InChI is InChI=1S/C25H21N3O.H3NO2S/c1-16-8-7-11-20(17(16)2)19-12-13-21-23(14-19)28-24(27(3)25(21)29)15-22(26-28)18-9-5-4-6-10-18;1-4(2)3/h4-15H,1-3H3;1H2,(H,2,3)/p-1. The highest BCUT2D eigenvalue weighted by Crippen LogP contribution is 2.29. The minimum Gasteiger partial charge on any atom is -0.760 e. The van der Waals surface area contributed by atoms with Crippen molar-refractivity contribution in [3.63, 3.8) is 0 Å². The Bertz CT molecular complexity index is 1550. The van der Waals surface area contributed by atoms with Crippen LogP contribution in [0.4, 0.5) is 0 Å². The van der Waals surface area contributed by atoms with Crippen LogP contribution in [0.5, 0.6) is 0 Å². The summed E-state index contributed by atoms with van der Waals surface area (Å²) in [6, 6.07) is 24.3. The van der Waals surface area contributed by atoms with E-state index < -0.39 is 11.3 Å². The zero-order chi connectivity index (χ0) is 23.7. The van der Waals surface area contributed by atoms with E-state index in [4.69, 9.17) is 13.9 Å². The maximum absolute atomic E-state index is 13.0. The first-order valence-electron chi connectivity index (χ1n) is 10.3. The summed E-state index contributed by atoms with van der Waals surface area (Å²) >= 11 is -2.36. The molecular formula is C25H23N4O3S-. The average Bonchev–Trinajstić information content (AvgIpc) is 3.25. The van der Waals surface area contributed by atoms with E-state index >= 15 is 0 Å². The molecule has 5 aromatic rings. The van der Waals surface area contributed by atoms with Crippen molar-refractivity contribution in [3.8, 4) is 22.4 Å². The van der Waals surface area contributed by atoms with Gasteiger partial charge in [0.1, 0.15) is 5.65 Å². The van der Waals surface area contributed by atoms with E-state index in [0.29, 0.717) is 5.39 Å². The van der Waals surface area contributed by atoms with Crippen LogP contribution in [0.3, 0.4) is 0 Å². The van der Waals surface area contributed by atoms with E-state index in [9.17, 15) is 4.79 Å². The van der Waals surface area contributed by atoms with Crippen molar-refractivity contribution in [2.75, 3.05) is 0 Å². The lowest BCUT2D eigenvalue weighted by molar-refractivity contribution is 0.539. The minimum absolute atomic E-state index is 0.0143. The van der Waals surface area contributed by atoms with Gasteiger partial charge in [0.15, 0.2) is 0 Å². The molecule has 0 radical (unpaired) electrons. The molecule has 5 rings (SSSR count). The number of hydrogen-bond donors (Lipinski definition) is 1. The topological polar surface area (TPSA) is 105 Å². The largest absolute Gasteiger partial charge is 0.760 e. The Kier molecular flexibility index (Phi) is 6.24. The first kappa shape index (κ1) is 22.6. The Hall–Kier alpha value is -3.59. The monoisotopic (exact) mass is 459 g/mol. The van der Waals surface area contributed by atoms with Crippen LogP contribution in [-0.4, -0.2) is 22.9 Å². The first-order valence-corrected chi connectivity index (χ1v) is 11.4. The lowest BCUT2D eigenvalue weighted by Crippen LogP contribution is -2.19. The fourth-order valence-electron chi connectivity index (χ4n) is 3.94. The van der Waals surface area contributed by atoms with Crippen LogP contribution in [0, 0.1) is 13.8 Å². The second-order valence-electron chi connectivity index (χ2n) is 7.77. The molecular weight excluding hydrogens is 436 g/mol. The molecule has 0 amide bonds. The third-order valence-corrected chi connectivity index (χ3v) is 5.78. The number of fused-ring (bicyclic) bond motifs is 3. The van der Waals surface area contributed by atoms with Gasteiger partial charge in [0.05, 0.1) is 16.6 Å². The number of nitrogens with two attached hydrogens (primary N) is 1. The highest BCUT2D eigenvalue weighted by molar-refractivity contribution is 7.76. The number of rotatable bonds is 2. The van der Waals surface area contributed by atoms with Crippen molar-refractivity contribution >= 4 is 27.8 Å². The number of aryl methyl sites for hydroxylation is 2. The lowest BCUT2D eigenvalue weighted by Gasteiger charge is -2.11. The summed E-state index contributed by atoms with van der Waals surface area (Å²) in [6.07, 6.45) is 0. The molecule has 0 spiro atoms. The zero-order valence-corrected chi connectivity index (χ0v) is 19.3. The molecule has 0 fully saturated rings. The molecule has 0 aliphatic carbocycles. The smallest absolute Gasteiger partial charge is 0.261 e. The van der Waals surface area contributed by atoms with Crippen molar-refractivity contribution in [2.24, 2.45) is 12.2 Å². The summed E-state index contributed by atoms with van der Waals surface area (Å²) in [5.74, 6) is 0. The summed E-state index contributed by atoms with van der Waals surface area (Å²) in [7, 11) is 1.80. The van der Waals surface area contributed by atoms with Gasteiger partial charge in [-0.05, 0) is 48.2 Å². The van der Waals surface area contributed by atoms with Crippen LogP contribution < -0.4 is 10.7 Å². The van der Waals surface area contributed by atoms with Crippen molar-refractivity contribution < 1.29 is 8.76 Å². The van der Waals surface area contributed by atoms with Gasteiger partial charge in [-0.25, -0.2) is 4.52 Å². The molecule has 0 saturated carbocycles. The SMILES string of the molecule is Cc1cccc(-c2ccc3c(=O)n(C)c4cc(-c5ccccc5)nn4c3c2)c1C.NS(=O)[O-]. The molecule has 3 aromatic carbocycles. The number of benzene rings is 3. The Balaban J connectivity index is 0.000000601. The zero-order valence-electron chi connectivity index (χ0n) is 18.5. The van der Waals surface area contributed by atoms with E-state index in [1.54, 1.807) is 11.6 Å². The summed E-state index contributed by atoms with van der Waals surface area (Å²) in [5.41, 5.74) is 8.23. The van der Waals surface area contributed by atoms with Gasteiger partial charge in [-0.1, -0.05) is 54.6 Å². The predicted molar refractivity (Wildman–Crippen MR) is 131 cm³/mol. The van der Waals surface area contributed by atoms with Crippen LogP contribution in [0.15, 0.2) is 77.6 Å². The maximum atomic E-state index is 13.0. The molecule has 168 valence electrons. The van der Waals surface area contributed by atoms with Gasteiger partial charge in [0, 0.05) is 29.9 Å². The number of nitrogens with zero attached hydrogens (tertiary/aromatic N) is 3. The molecule has 8 heteroatoms. The third kappa shape index (κ3) is 4.36. The normalized spacial score (nSPS) is 11.9. The Morgan fingerprint density at radius 3 is 2.33 bits per heavy atom. The average molecular weight is 460 g/mol. The molecule has 0 saturated heterocycles. The van der Waals surface area contributed by atoms with E-state index in [0.717, 1.165) is 28.0 Å². The highest BCUT2D eigenvalue weighted by Gasteiger charge is 2.14. The fraction of sp³-hybridized carbons (Fsp3) is 0.120. The van der Waals surface area contributed by atoms with Gasteiger partial charge >= 0.3 is 0 Å². The van der Waals surface area contributed by atoms with Gasteiger partial charge in [0.25, 0.3) is 5.56 Å². The summed E-state index contributed by atoms with van der Waals surface area (Å²) in [6.45, 7) is 4.25. The van der Waals surface area contributed by atoms with E-state index in [2.05, 4.69) is 43.3 Å². The predicted octanol–water partition coefficient (Wildman–Crippen LogP) is 3.88.